The Kier molecular flexibility index (Phi) is 17.4. The summed E-state index contributed by atoms with van der Waals surface area (Å²) < 4.78 is 2.34. The van der Waals surface area contributed by atoms with Crippen LogP contribution in [0.15, 0.2) is 316 Å². The van der Waals surface area contributed by atoms with E-state index in [0.29, 0.717) is 11.4 Å². The summed E-state index contributed by atoms with van der Waals surface area (Å²) in [5.74, 6) is 0.503. The Morgan fingerprint density at radius 1 is 0.319 bits per heavy atom. The number of fused-ring (bicyclic) bond motifs is 3. The molecular formula is C85H52IrN7Pt. The van der Waals surface area contributed by atoms with Crippen LogP contribution in [0.2, 0.25) is 0 Å². The fourth-order valence-electron chi connectivity index (χ4n) is 12.6. The second-order valence-corrected chi connectivity index (χ2v) is 22.4. The van der Waals surface area contributed by atoms with Crippen molar-refractivity contribution in [3.63, 3.8) is 0 Å². The molecule has 0 radical (unpaired) electrons. The molecule has 0 aliphatic rings. The molecule has 0 aliphatic heterocycles. The van der Waals surface area contributed by atoms with E-state index in [1.165, 1.54) is 0 Å². The van der Waals surface area contributed by atoms with Gasteiger partial charge < -0.3 is 34.4 Å². The predicted octanol–water partition coefficient (Wildman–Crippen LogP) is 20.9. The van der Waals surface area contributed by atoms with Crippen molar-refractivity contribution in [3.8, 4) is 118 Å². The molecule has 7 nitrogen and oxygen atoms in total. The van der Waals surface area contributed by atoms with Gasteiger partial charge in [-0.3, -0.25) is 12.1 Å². The smallest absolute Gasteiger partial charge is 0.363 e. The Morgan fingerprint density at radius 3 is 1.36 bits per heavy atom. The monoisotopic (exact) mass is 1560 g/mol. The number of para-hydroxylation sites is 2. The number of benzene rings is 11. The third-order valence-electron chi connectivity index (χ3n) is 16.8. The van der Waals surface area contributed by atoms with E-state index in [0.717, 1.165) is 145 Å². The van der Waals surface area contributed by atoms with E-state index in [4.69, 9.17) is 15.0 Å². The van der Waals surface area contributed by atoms with Crippen molar-refractivity contribution in [2.45, 2.75) is 0 Å². The SMILES string of the molecule is [Ir+3].[Pt+2].[c-]1cc(-c2ccccc2-c2cc(-c3ccccc3-c3c[c-]c(-c4ccccn4)cc3)cc(-c3ccccc3-c3c[c-]c(-c4ccccn4)cc3)c2)c(N(c2[c-]c(-c3ccccn3)ccc2)c2ccc3c(c2)c2ccccc2n3-c2ccccc2)[c-]c1-c1ncccn1. The zero-order chi connectivity index (χ0) is 61.2. The second kappa shape index (κ2) is 27.0. The van der Waals surface area contributed by atoms with Crippen molar-refractivity contribution in [3.05, 3.63) is 346 Å². The van der Waals surface area contributed by atoms with E-state index in [-0.39, 0.29) is 41.2 Å². The number of anilines is 3. The normalized spacial score (nSPS) is 11.0. The summed E-state index contributed by atoms with van der Waals surface area (Å²) in [5, 5.41) is 2.23. The number of rotatable bonds is 14. The Balaban J connectivity index is 0.00000382. The number of nitrogens with zero attached hydrogens (tertiary/aromatic N) is 7. The molecule has 94 heavy (non-hydrogen) atoms. The van der Waals surface area contributed by atoms with E-state index in [1.807, 2.05) is 79.3 Å². The molecule has 0 N–H and O–H groups in total. The molecule has 11 aromatic carbocycles. The van der Waals surface area contributed by atoms with Crippen LogP contribution in [0.25, 0.3) is 139 Å². The van der Waals surface area contributed by atoms with Crippen LogP contribution < -0.4 is 4.90 Å². The molecule has 0 atom stereocenters. The first kappa shape index (κ1) is 60.5. The molecule has 5 aromatic heterocycles. The Bertz CT molecular complexity index is 5180. The third-order valence-corrected chi connectivity index (χ3v) is 16.8. The van der Waals surface area contributed by atoms with Crippen molar-refractivity contribution < 1.29 is 41.2 Å². The van der Waals surface area contributed by atoms with Crippen LogP contribution in [0.4, 0.5) is 17.1 Å². The molecule has 0 saturated carbocycles. The largest absolute Gasteiger partial charge is 3.00 e. The molecule has 0 amide bonds. The van der Waals surface area contributed by atoms with E-state index in [2.05, 4.69) is 274 Å². The average molecular weight is 1560 g/mol. The van der Waals surface area contributed by atoms with Crippen molar-refractivity contribution in [1.29, 1.82) is 0 Å². The van der Waals surface area contributed by atoms with Gasteiger partial charge in [0.15, 0.2) is 0 Å². The van der Waals surface area contributed by atoms with Crippen LogP contribution >= 0.6 is 0 Å². The molecule has 0 aliphatic carbocycles. The van der Waals surface area contributed by atoms with E-state index in [9.17, 15) is 0 Å². The minimum absolute atomic E-state index is 0. The molecule has 16 aromatic rings. The minimum Gasteiger partial charge on any atom is -0.363 e. The molecule has 16 rings (SSSR count). The van der Waals surface area contributed by atoms with Crippen LogP contribution in [0.1, 0.15) is 0 Å². The zero-order valence-corrected chi connectivity index (χ0v) is 55.0. The summed E-state index contributed by atoms with van der Waals surface area (Å²) in [6.45, 7) is 0. The van der Waals surface area contributed by atoms with Crippen molar-refractivity contribution in [2.75, 3.05) is 4.90 Å². The number of pyridine rings is 3. The quantitative estimate of drug-likeness (QED) is 0.101. The molecule has 446 valence electrons. The van der Waals surface area contributed by atoms with Gasteiger partial charge in [-0.15, -0.1) is 95.2 Å². The predicted molar refractivity (Wildman–Crippen MR) is 373 cm³/mol. The molecule has 0 bridgehead atoms. The number of hydrogen-bond acceptors (Lipinski definition) is 6. The summed E-state index contributed by atoms with van der Waals surface area (Å²) in [6, 6.07) is 118. The first-order valence-electron chi connectivity index (χ1n) is 30.5. The topological polar surface area (TPSA) is 72.6 Å². The molecule has 5 heterocycles. The molecule has 0 saturated heterocycles. The maximum absolute atomic E-state index is 4.81. The van der Waals surface area contributed by atoms with Gasteiger partial charge >= 0.3 is 41.2 Å². The Morgan fingerprint density at radius 2 is 0.809 bits per heavy atom. The summed E-state index contributed by atoms with van der Waals surface area (Å²) in [7, 11) is 0. The van der Waals surface area contributed by atoms with Gasteiger partial charge in [0.2, 0.25) is 0 Å². The van der Waals surface area contributed by atoms with Gasteiger partial charge in [-0.25, -0.2) is 11.6 Å². The molecule has 9 heteroatoms. The van der Waals surface area contributed by atoms with Gasteiger partial charge in [-0.1, -0.05) is 173 Å². The van der Waals surface area contributed by atoms with Crippen LogP contribution in [0.3, 0.4) is 0 Å². The van der Waals surface area contributed by atoms with Crippen molar-refractivity contribution >= 4 is 38.9 Å². The fourth-order valence-corrected chi connectivity index (χ4v) is 12.6. The van der Waals surface area contributed by atoms with E-state index >= 15 is 0 Å². The van der Waals surface area contributed by atoms with Gasteiger partial charge in [0.05, 0.1) is 11.0 Å². The van der Waals surface area contributed by atoms with Gasteiger partial charge in [0.25, 0.3) is 0 Å². The van der Waals surface area contributed by atoms with Gasteiger partial charge in [0.1, 0.15) is 0 Å². The summed E-state index contributed by atoms with van der Waals surface area (Å²) in [6.07, 6.45) is 8.98. The molecule has 0 unspecified atom stereocenters. The minimum atomic E-state index is 0. The number of hydrogen-bond donors (Lipinski definition) is 0. The standard InChI is InChI=1S/C85H52N7.Ir.Pt/c1-2-21-67(22-3-1)92-82-34-11-10-30-76(82)78-57-69(44-46-83(78)92)91(68-23-18-20-62(55-68)81-33-14-17-49-88-81)84-56-63(85-89-50-19-51-90-85)43-45-77(84)75-29-9-8-28-74(75)66-53-64(72-26-6-4-24-70(72)58-35-39-60(40-36-58)79-31-12-15-47-86-79)52-65(54-66)73-27-7-5-25-71(73)59-37-41-61(42-38-59)80-32-13-16-48-87-80;;/h1-39,41,44-54,57H;;/q-5;+3;+2. The molecular weight excluding hydrogens is 1510 g/mol. The van der Waals surface area contributed by atoms with Crippen molar-refractivity contribution in [1.82, 2.24) is 29.5 Å². The van der Waals surface area contributed by atoms with Gasteiger partial charge in [0, 0.05) is 53.1 Å². The van der Waals surface area contributed by atoms with Crippen LogP contribution in [-0.2, 0) is 41.2 Å². The van der Waals surface area contributed by atoms with E-state index in [1.54, 1.807) is 12.4 Å². The first-order chi connectivity index (χ1) is 45.6. The zero-order valence-electron chi connectivity index (χ0n) is 50.3. The third kappa shape index (κ3) is 11.8. The summed E-state index contributed by atoms with van der Waals surface area (Å²) in [4.78, 5) is 25.9. The van der Waals surface area contributed by atoms with Crippen LogP contribution in [0, 0.1) is 30.3 Å². The summed E-state index contributed by atoms with van der Waals surface area (Å²) >= 11 is 0. The maximum Gasteiger partial charge on any atom is 3.00 e. The Hall–Kier alpha value is -11.1. The Labute approximate surface area is 574 Å². The molecule has 0 fully saturated rings. The average Bonchev–Trinajstić information content (AvgIpc) is 1.56. The first-order valence-corrected chi connectivity index (χ1v) is 30.5. The fraction of sp³-hybridized carbons (Fsp3) is 0. The van der Waals surface area contributed by atoms with Crippen molar-refractivity contribution in [2.24, 2.45) is 0 Å². The van der Waals surface area contributed by atoms with Gasteiger partial charge in [-0.2, -0.15) is 5.56 Å². The van der Waals surface area contributed by atoms with Crippen LogP contribution in [0.5, 0.6) is 0 Å². The second-order valence-electron chi connectivity index (χ2n) is 22.4. The van der Waals surface area contributed by atoms with Crippen LogP contribution in [-0.4, -0.2) is 29.5 Å². The molecule has 0 spiro atoms. The number of aromatic nitrogens is 6. The van der Waals surface area contributed by atoms with E-state index < -0.39 is 0 Å². The summed E-state index contributed by atoms with van der Waals surface area (Å²) in [5.41, 5.74) is 23.9. The maximum atomic E-state index is 4.81. The van der Waals surface area contributed by atoms with Gasteiger partial charge in [-0.05, 0) is 141 Å².